The monoisotopic (exact) mass is 554 g/mol. The molecule has 0 saturated carbocycles. The summed E-state index contributed by atoms with van der Waals surface area (Å²) in [5, 5.41) is 17.9. The van der Waals surface area contributed by atoms with Crippen molar-refractivity contribution in [2.45, 2.75) is 38.9 Å². The molecule has 208 valence electrons. The number of fused-ring (bicyclic) bond motifs is 1. The van der Waals surface area contributed by atoms with Crippen molar-refractivity contribution in [1.29, 1.82) is 0 Å². The number of rotatable bonds is 9. The van der Waals surface area contributed by atoms with Gasteiger partial charge in [-0.05, 0) is 53.6 Å². The molecule has 0 saturated heterocycles. The zero-order valence-electron chi connectivity index (χ0n) is 22.0. The zero-order valence-corrected chi connectivity index (χ0v) is 22.0. The summed E-state index contributed by atoms with van der Waals surface area (Å²) in [5.74, 6) is -1.95. The maximum atomic E-state index is 13.0. The molecular weight excluding hydrogens is 528 g/mol. The van der Waals surface area contributed by atoms with Crippen LogP contribution in [0, 0.1) is 6.92 Å². The maximum absolute atomic E-state index is 13.0. The Morgan fingerprint density at radius 2 is 1.68 bits per heavy atom. The number of hydrogen-bond acceptors (Lipinski definition) is 9. The lowest BCUT2D eigenvalue weighted by Crippen LogP contribution is -2.36. The van der Waals surface area contributed by atoms with Gasteiger partial charge >= 0.3 is 5.97 Å². The summed E-state index contributed by atoms with van der Waals surface area (Å²) in [7, 11) is 0. The van der Waals surface area contributed by atoms with Crippen molar-refractivity contribution in [1.82, 2.24) is 20.6 Å². The molecule has 3 aromatic carbocycles. The molecule has 6 N–H and O–H groups in total. The SMILES string of the molecule is Cc1c(C(=O)O)ccc2c1CCC2NC(=O)c1cc(C(=O)NCc2cccc(CNc3c(N)c(=O)c3=O)c2)ncn1. The highest BCUT2D eigenvalue weighted by Gasteiger charge is 2.28. The Kier molecular flexibility index (Phi) is 7.30. The number of aromatic carboxylic acids is 1. The summed E-state index contributed by atoms with van der Waals surface area (Å²) >= 11 is 0. The van der Waals surface area contributed by atoms with Crippen LogP contribution in [0.2, 0.25) is 0 Å². The average molecular weight is 555 g/mol. The molecule has 0 aliphatic heterocycles. The van der Waals surface area contributed by atoms with E-state index in [2.05, 4.69) is 25.9 Å². The van der Waals surface area contributed by atoms with E-state index in [0.717, 1.165) is 28.6 Å². The second-order valence-corrected chi connectivity index (χ2v) is 9.77. The molecule has 1 heterocycles. The minimum atomic E-state index is -0.988. The van der Waals surface area contributed by atoms with Gasteiger partial charge in [0.15, 0.2) is 0 Å². The van der Waals surface area contributed by atoms with Crippen molar-refractivity contribution in [3.05, 3.63) is 114 Å². The second-order valence-electron chi connectivity index (χ2n) is 9.77. The molecule has 0 radical (unpaired) electrons. The molecule has 1 aliphatic carbocycles. The van der Waals surface area contributed by atoms with Gasteiger partial charge in [-0.25, -0.2) is 14.8 Å². The van der Waals surface area contributed by atoms with Crippen LogP contribution >= 0.6 is 0 Å². The van der Waals surface area contributed by atoms with Gasteiger partial charge in [0, 0.05) is 19.2 Å². The molecule has 0 bridgehead atoms. The van der Waals surface area contributed by atoms with Crippen LogP contribution < -0.4 is 32.5 Å². The molecule has 12 heteroatoms. The standard InChI is InChI=1S/C29H26N6O6/c1-14-17-7-8-20(19(17)6-5-18(14)29(40)41)35-28(39)22-10-21(33-13-34-22)27(38)32-12-16-4-2-3-15(9-16)11-31-24-23(30)25(36)26(24)37/h2-6,9-10,13,20,31H,7-8,11-12,30H2,1H3,(H,32,38)(H,35,39)(H,40,41). The topological polar surface area (TPSA) is 193 Å². The molecule has 12 nitrogen and oxygen atoms in total. The summed E-state index contributed by atoms with van der Waals surface area (Å²) in [4.78, 5) is 68.1. The number of amides is 2. The van der Waals surface area contributed by atoms with E-state index in [4.69, 9.17) is 5.73 Å². The molecule has 5 rings (SSSR count). The molecule has 4 aromatic rings. The van der Waals surface area contributed by atoms with Crippen LogP contribution in [0.1, 0.15) is 71.6 Å². The average Bonchev–Trinajstić information content (AvgIpc) is 3.39. The highest BCUT2D eigenvalue weighted by Crippen LogP contribution is 2.34. The summed E-state index contributed by atoms with van der Waals surface area (Å²) < 4.78 is 0. The number of anilines is 2. The Labute approximate surface area is 233 Å². The van der Waals surface area contributed by atoms with E-state index >= 15 is 0 Å². The van der Waals surface area contributed by atoms with Crippen LogP contribution in [0.4, 0.5) is 11.4 Å². The maximum Gasteiger partial charge on any atom is 0.335 e. The normalized spacial score (nSPS) is 13.9. The highest BCUT2D eigenvalue weighted by molar-refractivity contribution is 5.97. The molecule has 1 aromatic heterocycles. The van der Waals surface area contributed by atoms with Gasteiger partial charge in [-0.3, -0.25) is 19.2 Å². The van der Waals surface area contributed by atoms with Crippen molar-refractivity contribution in [3.8, 4) is 0 Å². The van der Waals surface area contributed by atoms with Crippen molar-refractivity contribution in [2.24, 2.45) is 0 Å². The molecule has 1 atom stereocenters. The Morgan fingerprint density at radius 3 is 2.39 bits per heavy atom. The number of nitrogen functional groups attached to an aromatic ring is 1. The fourth-order valence-electron chi connectivity index (χ4n) is 5.00. The predicted molar refractivity (Wildman–Crippen MR) is 149 cm³/mol. The van der Waals surface area contributed by atoms with E-state index in [9.17, 15) is 29.1 Å². The van der Waals surface area contributed by atoms with Crippen LogP contribution in [-0.2, 0) is 19.5 Å². The number of hydrogen-bond donors (Lipinski definition) is 5. The highest BCUT2D eigenvalue weighted by atomic mass is 16.4. The fraction of sp³-hybridized carbons (Fsp3) is 0.207. The first-order valence-electron chi connectivity index (χ1n) is 12.8. The fourth-order valence-corrected chi connectivity index (χ4v) is 5.00. The lowest BCUT2D eigenvalue weighted by atomic mass is 9.98. The van der Waals surface area contributed by atoms with Gasteiger partial charge < -0.3 is 26.8 Å². The summed E-state index contributed by atoms with van der Waals surface area (Å²) in [6.07, 6.45) is 2.41. The van der Waals surface area contributed by atoms with Crippen molar-refractivity contribution in [2.75, 3.05) is 11.1 Å². The van der Waals surface area contributed by atoms with E-state index in [1.165, 1.54) is 6.07 Å². The third-order valence-corrected chi connectivity index (χ3v) is 7.22. The molecule has 2 amide bonds. The van der Waals surface area contributed by atoms with Gasteiger partial charge in [-0.15, -0.1) is 0 Å². The Balaban J connectivity index is 1.19. The smallest absolute Gasteiger partial charge is 0.335 e. The van der Waals surface area contributed by atoms with Crippen LogP contribution in [0.3, 0.4) is 0 Å². The first-order chi connectivity index (χ1) is 19.6. The lowest BCUT2D eigenvalue weighted by molar-refractivity contribution is 0.0695. The minimum absolute atomic E-state index is 0.0207. The van der Waals surface area contributed by atoms with E-state index in [-0.39, 0.29) is 47.5 Å². The number of carbonyl (C=O) groups is 3. The molecule has 1 unspecified atom stereocenters. The molecule has 0 spiro atoms. The van der Waals surface area contributed by atoms with Gasteiger partial charge in [-0.1, -0.05) is 30.3 Å². The number of aromatic nitrogens is 2. The van der Waals surface area contributed by atoms with Gasteiger partial charge in [-0.2, -0.15) is 0 Å². The van der Waals surface area contributed by atoms with E-state index in [1.807, 2.05) is 18.2 Å². The van der Waals surface area contributed by atoms with Crippen molar-refractivity contribution < 1.29 is 19.5 Å². The van der Waals surface area contributed by atoms with E-state index in [0.29, 0.717) is 18.4 Å². The van der Waals surface area contributed by atoms with E-state index < -0.39 is 28.6 Å². The number of carboxylic acids is 1. The van der Waals surface area contributed by atoms with Gasteiger partial charge in [0.25, 0.3) is 22.7 Å². The quantitative estimate of drug-likeness (QED) is 0.190. The molecule has 41 heavy (non-hydrogen) atoms. The number of nitrogens with two attached hydrogens (primary N) is 1. The van der Waals surface area contributed by atoms with Crippen LogP contribution in [0.25, 0.3) is 0 Å². The Bertz CT molecular complexity index is 1770. The molecule has 0 fully saturated rings. The lowest BCUT2D eigenvalue weighted by Gasteiger charge is -2.15. The predicted octanol–water partition coefficient (Wildman–Crippen LogP) is 1.62. The second kappa shape index (κ2) is 11.0. The van der Waals surface area contributed by atoms with Crippen molar-refractivity contribution >= 4 is 29.2 Å². The van der Waals surface area contributed by atoms with Crippen LogP contribution in [0.5, 0.6) is 0 Å². The third-order valence-electron chi connectivity index (χ3n) is 7.22. The zero-order chi connectivity index (χ0) is 29.3. The minimum Gasteiger partial charge on any atom is -0.478 e. The van der Waals surface area contributed by atoms with Gasteiger partial charge in [0.05, 0.1) is 11.6 Å². The van der Waals surface area contributed by atoms with Crippen LogP contribution in [0.15, 0.2) is 58.4 Å². The number of carboxylic acid groups (broad SMARTS) is 1. The van der Waals surface area contributed by atoms with Crippen LogP contribution in [-0.4, -0.2) is 32.9 Å². The summed E-state index contributed by atoms with van der Waals surface area (Å²) in [6.45, 7) is 2.22. The number of benzene rings is 2. The Morgan fingerprint density at radius 1 is 0.976 bits per heavy atom. The van der Waals surface area contributed by atoms with Gasteiger partial charge in [0.1, 0.15) is 29.1 Å². The largest absolute Gasteiger partial charge is 0.478 e. The molecule has 1 aliphatic rings. The van der Waals surface area contributed by atoms with Crippen molar-refractivity contribution in [3.63, 3.8) is 0 Å². The number of nitrogens with zero attached hydrogens (tertiary/aromatic N) is 2. The first kappa shape index (κ1) is 27.2. The summed E-state index contributed by atoms with van der Waals surface area (Å²) in [6, 6.07) is 11.5. The van der Waals surface area contributed by atoms with Gasteiger partial charge in [0.2, 0.25) is 0 Å². The third kappa shape index (κ3) is 5.39. The molecular formula is C29H26N6O6. The number of nitrogens with one attached hydrogen (secondary N) is 3. The first-order valence-corrected chi connectivity index (χ1v) is 12.8. The number of carbonyl (C=O) groups excluding carboxylic acids is 2. The van der Waals surface area contributed by atoms with E-state index in [1.54, 1.807) is 25.1 Å². The Hall–Kier alpha value is -5.39. The summed E-state index contributed by atoms with van der Waals surface area (Å²) in [5.41, 5.74) is 8.63.